The summed E-state index contributed by atoms with van der Waals surface area (Å²) in [6.07, 6.45) is 0. The average molecular weight is 378 g/mol. The standard InChI is InChI=1S/C19H18N6O3/c1-19(2,3)24-15-7-5-4-6-14(15)20-18(24)21-17(26)16-12-10-11(25(27)28)8-9-13(12)22-23-16/h4-10H,1-3H3,(H,22,23)(H,20,21,26). The van der Waals surface area contributed by atoms with E-state index < -0.39 is 10.8 Å². The third-order valence-corrected chi connectivity index (χ3v) is 4.43. The van der Waals surface area contributed by atoms with Crippen molar-refractivity contribution >= 4 is 39.5 Å². The van der Waals surface area contributed by atoms with Crippen LogP contribution in [0.1, 0.15) is 31.3 Å². The topological polar surface area (TPSA) is 119 Å². The first-order valence-corrected chi connectivity index (χ1v) is 8.67. The Labute approximate surface area is 159 Å². The number of nitrogens with zero attached hydrogens (tertiary/aromatic N) is 4. The van der Waals surface area contributed by atoms with Gasteiger partial charge in [-0.05, 0) is 39.0 Å². The van der Waals surface area contributed by atoms with Crippen molar-refractivity contribution < 1.29 is 9.72 Å². The number of aromatic amines is 1. The predicted octanol–water partition coefficient (Wildman–Crippen LogP) is 3.83. The highest BCUT2D eigenvalue weighted by Crippen LogP contribution is 2.29. The first-order chi connectivity index (χ1) is 13.3. The van der Waals surface area contributed by atoms with E-state index in [2.05, 4.69) is 20.5 Å². The summed E-state index contributed by atoms with van der Waals surface area (Å²) in [5.41, 5.74) is 1.84. The lowest BCUT2D eigenvalue weighted by molar-refractivity contribution is -0.384. The molecule has 0 bridgehead atoms. The van der Waals surface area contributed by atoms with Crippen LogP contribution >= 0.6 is 0 Å². The van der Waals surface area contributed by atoms with Gasteiger partial charge in [0.2, 0.25) is 5.95 Å². The molecule has 0 aliphatic carbocycles. The lowest BCUT2D eigenvalue weighted by atomic mass is 10.1. The molecule has 0 atom stereocenters. The molecular formula is C19H18N6O3. The number of imidazole rings is 1. The molecule has 2 aromatic carbocycles. The van der Waals surface area contributed by atoms with Crippen molar-refractivity contribution in [2.24, 2.45) is 0 Å². The van der Waals surface area contributed by atoms with Gasteiger partial charge in [-0.1, -0.05) is 12.1 Å². The number of hydrogen-bond donors (Lipinski definition) is 2. The van der Waals surface area contributed by atoms with Crippen LogP contribution in [0.4, 0.5) is 11.6 Å². The summed E-state index contributed by atoms with van der Waals surface area (Å²) >= 11 is 0. The molecule has 0 fully saturated rings. The van der Waals surface area contributed by atoms with E-state index in [4.69, 9.17) is 0 Å². The Morgan fingerprint density at radius 2 is 1.96 bits per heavy atom. The lowest BCUT2D eigenvalue weighted by Gasteiger charge is -2.24. The molecule has 9 heteroatoms. The molecule has 0 radical (unpaired) electrons. The van der Waals surface area contributed by atoms with Crippen LogP contribution in [-0.4, -0.2) is 30.6 Å². The van der Waals surface area contributed by atoms with Crippen LogP contribution in [0.25, 0.3) is 21.9 Å². The number of non-ortho nitro benzene ring substituents is 1. The van der Waals surface area contributed by atoms with Gasteiger partial charge in [0.1, 0.15) is 0 Å². The number of anilines is 1. The number of aromatic nitrogens is 4. The summed E-state index contributed by atoms with van der Waals surface area (Å²) in [7, 11) is 0. The molecule has 0 unspecified atom stereocenters. The molecule has 2 N–H and O–H groups in total. The zero-order valence-electron chi connectivity index (χ0n) is 15.6. The van der Waals surface area contributed by atoms with Crippen molar-refractivity contribution in [1.29, 1.82) is 0 Å². The number of H-pyrrole nitrogens is 1. The van der Waals surface area contributed by atoms with Crippen LogP contribution in [0.2, 0.25) is 0 Å². The third-order valence-electron chi connectivity index (χ3n) is 4.43. The number of carbonyl (C=O) groups excluding carboxylic acids is 1. The molecule has 0 saturated carbocycles. The minimum atomic E-state index is -0.507. The second-order valence-electron chi connectivity index (χ2n) is 7.44. The van der Waals surface area contributed by atoms with Gasteiger partial charge >= 0.3 is 0 Å². The van der Waals surface area contributed by atoms with Gasteiger partial charge in [-0.25, -0.2) is 4.98 Å². The molecule has 1 amide bonds. The smallest absolute Gasteiger partial charge is 0.279 e. The molecule has 2 heterocycles. The highest BCUT2D eigenvalue weighted by molar-refractivity contribution is 6.11. The number of nitro groups is 1. The summed E-state index contributed by atoms with van der Waals surface area (Å²) < 4.78 is 1.94. The maximum atomic E-state index is 12.9. The molecule has 4 aromatic rings. The number of fused-ring (bicyclic) bond motifs is 2. The Morgan fingerprint density at radius 3 is 2.68 bits per heavy atom. The van der Waals surface area contributed by atoms with Gasteiger partial charge in [-0.3, -0.25) is 25.3 Å². The van der Waals surface area contributed by atoms with Gasteiger partial charge in [0.05, 0.1) is 21.5 Å². The second-order valence-corrected chi connectivity index (χ2v) is 7.44. The quantitative estimate of drug-likeness (QED) is 0.415. The number of benzene rings is 2. The molecule has 4 rings (SSSR count). The number of hydrogen-bond acceptors (Lipinski definition) is 5. The van der Waals surface area contributed by atoms with Crippen molar-refractivity contribution in [1.82, 2.24) is 19.7 Å². The van der Waals surface area contributed by atoms with E-state index >= 15 is 0 Å². The number of nitro benzene ring substituents is 1. The first kappa shape index (κ1) is 17.7. The highest BCUT2D eigenvalue weighted by atomic mass is 16.6. The van der Waals surface area contributed by atoms with Crippen molar-refractivity contribution in [3.63, 3.8) is 0 Å². The Bertz CT molecular complexity index is 1230. The van der Waals surface area contributed by atoms with Crippen LogP contribution in [0, 0.1) is 10.1 Å². The lowest BCUT2D eigenvalue weighted by Crippen LogP contribution is -2.26. The number of nitrogens with one attached hydrogen (secondary N) is 2. The van der Waals surface area contributed by atoms with E-state index in [1.165, 1.54) is 18.2 Å². The van der Waals surface area contributed by atoms with Crippen molar-refractivity contribution in [2.45, 2.75) is 26.3 Å². The van der Waals surface area contributed by atoms with Gasteiger partial charge in [0.25, 0.3) is 11.6 Å². The van der Waals surface area contributed by atoms with Crippen LogP contribution in [-0.2, 0) is 5.54 Å². The second kappa shape index (κ2) is 6.15. The number of para-hydroxylation sites is 2. The van der Waals surface area contributed by atoms with Crippen LogP contribution in [0.3, 0.4) is 0 Å². The minimum absolute atomic E-state index is 0.0752. The van der Waals surface area contributed by atoms with E-state index in [1.807, 2.05) is 49.6 Å². The van der Waals surface area contributed by atoms with E-state index in [9.17, 15) is 14.9 Å². The molecule has 9 nitrogen and oxygen atoms in total. The fourth-order valence-electron chi connectivity index (χ4n) is 3.24. The van der Waals surface area contributed by atoms with Crippen molar-refractivity contribution in [2.75, 3.05) is 5.32 Å². The van der Waals surface area contributed by atoms with E-state index in [1.54, 1.807) is 0 Å². The summed E-state index contributed by atoms with van der Waals surface area (Å²) in [5.74, 6) is -0.104. The molecule has 28 heavy (non-hydrogen) atoms. The van der Waals surface area contributed by atoms with Gasteiger partial charge in [-0.15, -0.1) is 0 Å². The number of carbonyl (C=O) groups is 1. The predicted molar refractivity (Wildman–Crippen MR) is 105 cm³/mol. The fourth-order valence-corrected chi connectivity index (χ4v) is 3.24. The van der Waals surface area contributed by atoms with Crippen LogP contribution < -0.4 is 5.32 Å². The summed E-state index contributed by atoms with van der Waals surface area (Å²) in [4.78, 5) is 28.0. The zero-order chi connectivity index (χ0) is 20.1. The molecule has 0 spiro atoms. The summed E-state index contributed by atoms with van der Waals surface area (Å²) in [5, 5.41) is 21.0. The molecule has 0 saturated heterocycles. The molecule has 0 aliphatic heterocycles. The van der Waals surface area contributed by atoms with Crippen molar-refractivity contribution in [3.05, 3.63) is 58.3 Å². The normalized spacial score (nSPS) is 11.8. The monoisotopic (exact) mass is 378 g/mol. The Balaban J connectivity index is 1.78. The first-order valence-electron chi connectivity index (χ1n) is 8.67. The van der Waals surface area contributed by atoms with Crippen LogP contribution in [0.5, 0.6) is 0 Å². The minimum Gasteiger partial charge on any atom is -0.305 e. The SMILES string of the molecule is CC(C)(C)n1c(NC(=O)c2n[nH]c3ccc([N+](=O)[O-])cc23)nc2ccccc21. The largest absolute Gasteiger partial charge is 0.305 e. The highest BCUT2D eigenvalue weighted by Gasteiger charge is 2.24. The fraction of sp³-hybridized carbons (Fsp3) is 0.211. The van der Waals surface area contributed by atoms with Gasteiger partial charge < -0.3 is 4.57 Å². The Kier molecular flexibility index (Phi) is 3.88. The van der Waals surface area contributed by atoms with E-state index in [0.29, 0.717) is 16.9 Å². The summed E-state index contributed by atoms with van der Waals surface area (Å²) in [6.45, 7) is 6.05. The Morgan fingerprint density at radius 1 is 1.21 bits per heavy atom. The summed E-state index contributed by atoms with van der Waals surface area (Å²) in [6, 6.07) is 11.8. The maximum Gasteiger partial charge on any atom is 0.279 e. The van der Waals surface area contributed by atoms with E-state index in [-0.39, 0.29) is 16.9 Å². The van der Waals surface area contributed by atoms with Crippen LogP contribution in [0.15, 0.2) is 42.5 Å². The maximum absolute atomic E-state index is 12.9. The molecular weight excluding hydrogens is 360 g/mol. The number of rotatable bonds is 3. The van der Waals surface area contributed by atoms with Gasteiger partial charge in [0, 0.05) is 23.1 Å². The molecule has 0 aliphatic rings. The zero-order valence-corrected chi connectivity index (χ0v) is 15.6. The third kappa shape index (κ3) is 2.86. The molecule has 142 valence electrons. The van der Waals surface area contributed by atoms with E-state index in [0.717, 1.165) is 11.0 Å². The van der Waals surface area contributed by atoms with Gasteiger partial charge in [0.15, 0.2) is 5.69 Å². The number of amides is 1. The average Bonchev–Trinajstić information content (AvgIpc) is 3.21. The van der Waals surface area contributed by atoms with Gasteiger partial charge in [-0.2, -0.15) is 5.10 Å². The van der Waals surface area contributed by atoms with Crippen molar-refractivity contribution in [3.8, 4) is 0 Å². The Hall–Kier alpha value is -3.75. The molecule has 2 aromatic heterocycles.